The highest BCUT2D eigenvalue weighted by Crippen LogP contribution is 2.29. The normalized spacial score (nSPS) is 12.0. The molecule has 8 nitrogen and oxygen atoms in total. The van der Waals surface area contributed by atoms with Gasteiger partial charge in [-0.25, -0.2) is 8.42 Å². The molecule has 0 saturated carbocycles. The fourth-order valence-corrected chi connectivity index (χ4v) is 4.05. The Balaban J connectivity index is 2.44. The van der Waals surface area contributed by atoms with Gasteiger partial charge in [0.1, 0.15) is 18.3 Å². The van der Waals surface area contributed by atoms with Gasteiger partial charge in [-0.05, 0) is 37.1 Å². The van der Waals surface area contributed by atoms with Crippen LogP contribution in [0.15, 0.2) is 48.5 Å². The summed E-state index contributed by atoms with van der Waals surface area (Å²) >= 11 is 0. The largest absolute Gasteiger partial charge is 0.495 e. The van der Waals surface area contributed by atoms with Gasteiger partial charge in [0, 0.05) is 13.6 Å². The van der Waals surface area contributed by atoms with Gasteiger partial charge in [-0.1, -0.05) is 36.4 Å². The molecular weight excluding hydrogens is 418 g/mol. The van der Waals surface area contributed by atoms with Gasteiger partial charge in [-0.2, -0.15) is 0 Å². The van der Waals surface area contributed by atoms with Crippen molar-refractivity contribution in [3.8, 4) is 5.75 Å². The van der Waals surface area contributed by atoms with Crippen LogP contribution in [0.2, 0.25) is 0 Å². The summed E-state index contributed by atoms with van der Waals surface area (Å²) in [5.74, 6) is -0.522. The van der Waals surface area contributed by atoms with Gasteiger partial charge in [0.2, 0.25) is 21.8 Å². The number of nitrogens with one attached hydrogen (secondary N) is 1. The topological polar surface area (TPSA) is 96.0 Å². The summed E-state index contributed by atoms with van der Waals surface area (Å²) in [6, 6.07) is 13.3. The number of amides is 2. The summed E-state index contributed by atoms with van der Waals surface area (Å²) < 4.78 is 31.4. The highest BCUT2D eigenvalue weighted by molar-refractivity contribution is 7.92. The summed E-state index contributed by atoms with van der Waals surface area (Å²) in [4.78, 5) is 27.1. The number of hydrogen-bond donors (Lipinski definition) is 1. The number of anilines is 1. The molecule has 0 aliphatic carbocycles. The van der Waals surface area contributed by atoms with Crippen molar-refractivity contribution in [1.29, 1.82) is 0 Å². The maximum absolute atomic E-state index is 13.3. The predicted molar refractivity (Wildman–Crippen MR) is 120 cm³/mol. The summed E-state index contributed by atoms with van der Waals surface area (Å²) in [6.45, 7) is 3.24. The van der Waals surface area contributed by atoms with Crippen LogP contribution < -0.4 is 14.4 Å². The number of nitrogens with zero attached hydrogens (tertiary/aromatic N) is 2. The quantitative estimate of drug-likeness (QED) is 0.634. The number of ether oxygens (including phenoxy) is 1. The number of benzene rings is 2. The van der Waals surface area contributed by atoms with Crippen LogP contribution in [-0.4, -0.2) is 58.1 Å². The fraction of sp³-hybridized carbons (Fsp3) is 0.364. The first-order valence-corrected chi connectivity index (χ1v) is 11.6. The number of hydrogen-bond acceptors (Lipinski definition) is 5. The molecule has 2 rings (SSSR count). The van der Waals surface area contributed by atoms with Gasteiger partial charge in [-0.3, -0.25) is 13.9 Å². The van der Waals surface area contributed by atoms with Crippen molar-refractivity contribution >= 4 is 27.5 Å². The molecule has 0 heterocycles. The lowest BCUT2D eigenvalue weighted by molar-refractivity contribution is -0.139. The Morgan fingerprint density at radius 1 is 1.10 bits per heavy atom. The molecule has 31 heavy (non-hydrogen) atoms. The number of sulfonamides is 1. The van der Waals surface area contributed by atoms with Gasteiger partial charge in [-0.15, -0.1) is 0 Å². The molecule has 1 atom stereocenters. The third-order valence-corrected chi connectivity index (χ3v) is 6.18. The van der Waals surface area contributed by atoms with Crippen LogP contribution >= 0.6 is 0 Å². The second kappa shape index (κ2) is 10.3. The van der Waals surface area contributed by atoms with Crippen molar-refractivity contribution in [2.24, 2.45) is 0 Å². The Bertz CT molecular complexity index is 1040. The van der Waals surface area contributed by atoms with Gasteiger partial charge in [0.15, 0.2) is 0 Å². The first-order chi connectivity index (χ1) is 14.6. The standard InChI is InChI=1S/C22H29N3O5S/c1-16-10-6-7-11-18(16)14-24(17(2)22(27)23-3)21(26)15-25(31(5,28)29)19-12-8-9-13-20(19)30-4/h6-13,17H,14-15H2,1-5H3,(H,23,27)/t17-/m1/s1. The average Bonchev–Trinajstić information content (AvgIpc) is 2.74. The van der Waals surface area contributed by atoms with Crippen molar-refractivity contribution < 1.29 is 22.7 Å². The highest BCUT2D eigenvalue weighted by atomic mass is 32.2. The van der Waals surface area contributed by atoms with E-state index in [9.17, 15) is 18.0 Å². The molecule has 0 spiro atoms. The first-order valence-electron chi connectivity index (χ1n) is 9.76. The lowest BCUT2D eigenvalue weighted by Gasteiger charge is -2.31. The molecule has 2 aromatic rings. The van der Waals surface area contributed by atoms with E-state index in [-0.39, 0.29) is 18.1 Å². The van der Waals surface area contributed by atoms with Crippen molar-refractivity contribution in [2.45, 2.75) is 26.4 Å². The molecule has 2 amide bonds. The van der Waals surface area contributed by atoms with Gasteiger partial charge >= 0.3 is 0 Å². The Labute approximate surface area is 183 Å². The smallest absolute Gasteiger partial charge is 0.244 e. The van der Waals surface area contributed by atoms with E-state index in [0.717, 1.165) is 21.7 Å². The van der Waals surface area contributed by atoms with E-state index in [1.807, 2.05) is 31.2 Å². The lowest BCUT2D eigenvalue weighted by atomic mass is 10.1. The van der Waals surface area contributed by atoms with E-state index in [4.69, 9.17) is 4.74 Å². The zero-order valence-corrected chi connectivity index (χ0v) is 19.3. The summed E-state index contributed by atoms with van der Waals surface area (Å²) in [5, 5.41) is 2.55. The molecule has 2 aromatic carbocycles. The van der Waals surface area contributed by atoms with Crippen LogP contribution in [0.3, 0.4) is 0 Å². The van der Waals surface area contributed by atoms with Crippen LogP contribution in [0.1, 0.15) is 18.1 Å². The number of likely N-dealkylation sites (N-methyl/N-ethyl adjacent to an activating group) is 1. The molecule has 0 radical (unpaired) electrons. The molecule has 0 unspecified atom stereocenters. The van der Waals surface area contributed by atoms with Crippen molar-refractivity contribution in [3.05, 3.63) is 59.7 Å². The van der Waals surface area contributed by atoms with E-state index in [0.29, 0.717) is 5.75 Å². The average molecular weight is 448 g/mol. The van der Waals surface area contributed by atoms with Crippen LogP contribution in [0.4, 0.5) is 5.69 Å². The van der Waals surface area contributed by atoms with Crippen LogP contribution in [0.25, 0.3) is 0 Å². The molecule has 168 valence electrons. The van der Waals surface area contributed by atoms with Crippen LogP contribution in [0, 0.1) is 6.92 Å². The second-order valence-corrected chi connectivity index (χ2v) is 9.09. The number of aryl methyl sites for hydroxylation is 1. The third kappa shape index (κ3) is 5.97. The molecule has 9 heteroatoms. The Kier molecular flexibility index (Phi) is 8.04. The van der Waals surface area contributed by atoms with E-state index in [1.54, 1.807) is 31.2 Å². The molecule has 0 aliphatic heterocycles. The molecular formula is C22H29N3O5S. The molecule has 0 saturated heterocycles. The van der Waals surface area contributed by atoms with Crippen molar-refractivity contribution in [1.82, 2.24) is 10.2 Å². The molecule has 1 N–H and O–H groups in total. The summed E-state index contributed by atoms with van der Waals surface area (Å²) in [5.41, 5.74) is 2.09. The van der Waals surface area contributed by atoms with Gasteiger partial charge < -0.3 is 15.0 Å². The minimum atomic E-state index is -3.81. The van der Waals surface area contributed by atoms with Gasteiger partial charge in [0.25, 0.3) is 0 Å². The van der Waals surface area contributed by atoms with Crippen LogP contribution in [-0.2, 0) is 26.2 Å². The van der Waals surface area contributed by atoms with Crippen LogP contribution in [0.5, 0.6) is 5.75 Å². The molecule has 0 fully saturated rings. The maximum Gasteiger partial charge on any atom is 0.244 e. The predicted octanol–water partition coefficient (Wildman–Crippen LogP) is 1.93. The first kappa shape index (κ1) is 24.2. The summed E-state index contributed by atoms with van der Waals surface area (Å²) in [7, 11) is -0.884. The van der Waals surface area contributed by atoms with E-state index >= 15 is 0 Å². The Hall–Kier alpha value is -3.07. The summed E-state index contributed by atoms with van der Waals surface area (Å²) in [6.07, 6.45) is 1.03. The van der Waals surface area contributed by atoms with E-state index < -0.39 is 28.5 Å². The highest BCUT2D eigenvalue weighted by Gasteiger charge is 2.30. The van der Waals surface area contributed by atoms with Crippen molar-refractivity contribution in [3.63, 3.8) is 0 Å². The zero-order chi connectivity index (χ0) is 23.2. The minimum absolute atomic E-state index is 0.170. The number of carbonyl (C=O) groups excluding carboxylic acids is 2. The number of rotatable bonds is 9. The fourth-order valence-electron chi connectivity index (χ4n) is 3.19. The Morgan fingerprint density at radius 3 is 2.29 bits per heavy atom. The maximum atomic E-state index is 13.3. The van der Waals surface area contributed by atoms with E-state index in [1.165, 1.54) is 19.1 Å². The molecule has 0 bridgehead atoms. The monoisotopic (exact) mass is 447 g/mol. The van der Waals surface area contributed by atoms with Gasteiger partial charge in [0.05, 0.1) is 19.1 Å². The molecule has 0 aliphatic rings. The third-order valence-electron chi connectivity index (χ3n) is 5.05. The minimum Gasteiger partial charge on any atom is -0.495 e. The molecule has 0 aromatic heterocycles. The zero-order valence-electron chi connectivity index (χ0n) is 18.5. The second-order valence-electron chi connectivity index (χ2n) is 7.18. The van der Waals surface area contributed by atoms with E-state index in [2.05, 4.69) is 5.32 Å². The van der Waals surface area contributed by atoms with Crippen molar-refractivity contribution in [2.75, 3.05) is 31.3 Å². The lowest BCUT2D eigenvalue weighted by Crippen LogP contribution is -2.50. The SMILES string of the molecule is CNC(=O)[C@@H](C)N(Cc1ccccc1C)C(=O)CN(c1ccccc1OC)S(C)(=O)=O. The number of carbonyl (C=O) groups is 2. The Morgan fingerprint density at radius 2 is 1.71 bits per heavy atom. The number of para-hydroxylation sites is 2. The number of methoxy groups -OCH3 is 1.